The number of nitrogens with zero attached hydrogens (tertiary/aromatic N) is 5. The fraction of sp³-hybridized carbons (Fsp3) is 0.238. The van der Waals surface area contributed by atoms with Crippen molar-refractivity contribution in [3.05, 3.63) is 66.2 Å². The molecule has 7 nitrogen and oxygen atoms in total. The van der Waals surface area contributed by atoms with E-state index in [0.717, 1.165) is 47.5 Å². The van der Waals surface area contributed by atoms with Crippen molar-refractivity contribution in [3.63, 3.8) is 0 Å². The molecule has 2 aromatic carbocycles. The van der Waals surface area contributed by atoms with Gasteiger partial charge in [0.2, 0.25) is 0 Å². The van der Waals surface area contributed by atoms with Gasteiger partial charge in [0, 0.05) is 26.2 Å². The van der Waals surface area contributed by atoms with Crippen LogP contribution in [0.15, 0.2) is 54.7 Å². The van der Waals surface area contributed by atoms with Crippen LogP contribution in [0, 0.1) is 0 Å². The number of fused-ring (bicyclic) bond motifs is 2. The van der Waals surface area contributed by atoms with E-state index in [0.29, 0.717) is 18.8 Å². The summed E-state index contributed by atoms with van der Waals surface area (Å²) in [6.45, 7) is 3.72. The minimum Gasteiger partial charge on any atom is -0.341 e. The summed E-state index contributed by atoms with van der Waals surface area (Å²) in [4.78, 5) is 33.8. The molecule has 1 aliphatic rings. The van der Waals surface area contributed by atoms with E-state index in [9.17, 15) is 4.79 Å². The van der Waals surface area contributed by atoms with Gasteiger partial charge in [-0.3, -0.25) is 14.7 Å². The number of hydrogen-bond acceptors (Lipinski definition) is 5. The van der Waals surface area contributed by atoms with E-state index in [1.165, 1.54) is 0 Å². The van der Waals surface area contributed by atoms with Crippen LogP contribution in [0.25, 0.3) is 22.1 Å². The van der Waals surface area contributed by atoms with E-state index in [2.05, 4.69) is 24.8 Å². The lowest BCUT2D eigenvalue weighted by molar-refractivity contribution is 0.0620. The second kappa shape index (κ2) is 7.01. The van der Waals surface area contributed by atoms with Gasteiger partial charge in [0.25, 0.3) is 5.91 Å². The van der Waals surface area contributed by atoms with E-state index in [4.69, 9.17) is 0 Å². The van der Waals surface area contributed by atoms with Crippen molar-refractivity contribution in [2.45, 2.75) is 6.54 Å². The zero-order valence-electron chi connectivity index (χ0n) is 15.4. The average Bonchev–Trinajstić information content (AvgIpc) is 3.16. The number of para-hydroxylation sites is 4. The Labute approximate surface area is 162 Å². The summed E-state index contributed by atoms with van der Waals surface area (Å²) in [7, 11) is 0. The highest BCUT2D eigenvalue weighted by molar-refractivity contribution is 5.93. The summed E-state index contributed by atoms with van der Waals surface area (Å²) in [5, 5.41) is 0. The Hall–Kier alpha value is -3.32. The van der Waals surface area contributed by atoms with E-state index in [-0.39, 0.29) is 5.91 Å². The van der Waals surface area contributed by atoms with Crippen LogP contribution in [-0.2, 0) is 6.54 Å². The molecule has 5 rings (SSSR count). The summed E-state index contributed by atoms with van der Waals surface area (Å²) in [6, 6.07) is 15.6. The first kappa shape index (κ1) is 16.8. The minimum atomic E-state index is -0.0540. The molecule has 0 atom stereocenters. The molecule has 0 aliphatic carbocycles. The molecule has 28 heavy (non-hydrogen) atoms. The monoisotopic (exact) mass is 372 g/mol. The largest absolute Gasteiger partial charge is 0.341 e. The third-order valence-corrected chi connectivity index (χ3v) is 5.14. The van der Waals surface area contributed by atoms with Crippen molar-refractivity contribution in [1.82, 2.24) is 29.7 Å². The summed E-state index contributed by atoms with van der Waals surface area (Å²) >= 11 is 0. The maximum atomic E-state index is 12.8. The summed E-state index contributed by atoms with van der Waals surface area (Å²) in [6.07, 6.45) is 1.57. The lowest BCUT2D eigenvalue weighted by Gasteiger charge is -2.34. The topological polar surface area (TPSA) is 78.0 Å². The van der Waals surface area contributed by atoms with Gasteiger partial charge in [-0.1, -0.05) is 24.3 Å². The average molecular weight is 372 g/mol. The minimum absolute atomic E-state index is 0.0540. The van der Waals surface area contributed by atoms with Gasteiger partial charge in [0.1, 0.15) is 11.5 Å². The lowest BCUT2D eigenvalue weighted by Crippen LogP contribution is -2.48. The van der Waals surface area contributed by atoms with Crippen molar-refractivity contribution < 1.29 is 4.79 Å². The number of benzene rings is 2. The van der Waals surface area contributed by atoms with Crippen LogP contribution in [0.5, 0.6) is 0 Å². The van der Waals surface area contributed by atoms with Crippen molar-refractivity contribution >= 4 is 28.0 Å². The van der Waals surface area contributed by atoms with E-state index in [1.807, 2.05) is 53.4 Å². The van der Waals surface area contributed by atoms with Crippen LogP contribution < -0.4 is 0 Å². The zero-order valence-corrected chi connectivity index (χ0v) is 15.4. The second-order valence-corrected chi connectivity index (χ2v) is 7.01. The number of aromatic amines is 1. The Bertz CT molecular complexity index is 1110. The first-order chi connectivity index (χ1) is 13.8. The Balaban J connectivity index is 1.24. The van der Waals surface area contributed by atoms with Gasteiger partial charge in [-0.05, 0) is 24.3 Å². The van der Waals surface area contributed by atoms with E-state index in [1.54, 1.807) is 6.20 Å². The summed E-state index contributed by atoms with van der Waals surface area (Å²) in [5.41, 5.74) is 4.00. The number of carbonyl (C=O) groups excluding carboxylic acids is 1. The zero-order chi connectivity index (χ0) is 18.9. The molecule has 1 N–H and O–H groups in total. The van der Waals surface area contributed by atoms with Crippen LogP contribution in [0.4, 0.5) is 0 Å². The molecule has 7 heteroatoms. The first-order valence-corrected chi connectivity index (χ1v) is 9.43. The standard InChI is InChI=1S/C21H20N6O/c28-21(19-13-22-15-5-1-2-6-16(15)23-19)27-11-9-26(10-12-27)14-20-24-17-7-3-4-8-18(17)25-20/h1-8,13H,9-12,14H2,(H,24,25). The molecular weight excluding hydrogens is 352 g/mol. The first-order valence-electron chi connectivity index (χ1n) is 9.43. The third-order valence-electron chi connectivity index (χ3n) is 5.14. The number of carbonyl (C=O) groups is 1. The van der Waals surface area contributed by atoms with Crippen LogP contribution >= 0.6 is 0 Å². The number of H-pyrrole nitrogens is 1. The smallest absolute Gasteiger partial charge is 0.274 e. The number of nitrogens with one attached hydrogen (secondary N) is 1. The number of aromatic nitrogens is 4. The third kappa shape index (κ3) is 3.20. The molecule has 2 aromatic heterocycles. The number of amides is 1. The van der Waals surface area contributed by atoms with Crippen LogP contribution in [0.2, 0.25) is 0 Å². The molecule has 1 aliphatic heterocycles. The van der Waals surface area contributed by atoms with Gasteiger partial charge in [-0.2, -0.15) is 0 Å². The lowest BCUT2D eigenvalue weighted by atomic mass is 10.2. The Morgan fingerprint density at radius 2 is 1.61 bits per heavy atom. The van der Waals surface area contributed by atoms with Gasteiger partial charge >= 0.3 is 0 Å². The number of hydrogen-bond donors (Lipinski definition) is 1. The molecule has 0 radical (unpaired) electrons. The Kier molecular flexibility index (Phi) is 4.21. The van der Waals surface area contributed by atoms with Gasteiger partial charge < -0.3 is 9.88 Å². The molecule has 0 saturated carbocycles. The molecule has 4 aromatic rings. The number of rotatable bonds is 3. The summed E-state index contributed by atoms with van der Waals surface area (Å²) < 4.78 is 0. The molecule has 1 saturated heterocycles. The predicted octanol–water partition coefficient (Wildman–Crippen LogP) is 2.46. The van der Waals surface area contributed by atoms with Crippen molar-refractivity contribution in [3.8, 4) is 0 Å². The van der Waals surface area contributed by atoms with Gasteiger partial charge in [-0.25, -0.2) is 9.97 Å². The molecule has 3 heterocycles. The molecule has 0 bridgehead atoms. The van der Waals surface area contributed by atoms with Crippen molar-refractivity contribution in [2.24, 2.45) is 0 Å². The fourth-order valence-corrected chi connectivity index (χ4v) is 3.62. The molecule has 1 amide bonds. The fourth-order valence-electron chi connectivity index (χ4n) is 3.62. The molecule has 0 unspecified atom stereocenters. The molecule has 140 valence electrons. The Morgan fingerprint density at radius 3 is 2.39 bits per heavy atom. The van der Waals surface area contributed by atoms with Crippen LogP contribution in [-0.4, -0.2) is 61.8 Å². The maximum absolute atomic E-state index is 12.8. The van der Waals surface area contributed by atoms with Crippen molar-refractivity contribution in [2.75, 3.05) is 26.2 Å². The van der Waals surface area contributed by atoms with Gasteiger partial charge in [0.15, 0.2) is 0 Å². The van der Waals surface area contributed by atoms with Crippen molar-refractivity contribution in [1.29, 1.82) is 0 Å². The highest BCUT2D eigenvalue weighted by Crippen LogP contribution is 2.15. The molecule has 0 spiro atoms. The predicted molar refractivity (Wildman–Crippen MR) is 107 cm³/mol. The molecular formula is C21H20N6O. The van der Waals surface area contributed by atoms with E-state index >= 15 is 0 Å². The maximum Gasteiger partial charge on any atom is 0.274 e. The highest BCUT2D eigenvalue weighted by Gasteiger charge is 2.24. The normalized spacial score (nSPS) is 15.4. The number of imidazole rings is 1. The highest BCUT2D eigenvalue weighted by atomic mass is 16.2. The van der Waals surface area contributed by atoms with Gasteiger partial charge in [0.05, 0.1) is 34.8 Å². The van der Waals surface area contributed by atoms with E-state index < -0.39 is 0 Å². The quantitative estimate of drug-likeness (QED) is 0.598. The van der Waals surface area contributed by atoms with Crippen LogP contribution in [0.3, 0.4) is 0 Å². The SMILES string of the molecule is O=C(c1cnc2ccccc2n1)N1CCN(Cc2nc3ccccc3[nH]2)CC1. The molecule has 1 fully saturated rings. The summed E-state index contributed by atoms with van der Waals surface area (Å²) in [5.74, 6) is 0.906. The second-order valence-electron chi connectivity index (χ2n) is 7.01. The van der Waals surface area contributed by atoms with Crippen LogP contribution in [0.1, 0.15) is 16.3 Å². The Morgan fingerprint density at radius 1 is 0.893 bits per heavy atom. The van der Waals surface area contributed by atoms with Gasteiger partial charge in [-0.15, -0.1) is 0 Å². The number of piperazine rings is 1.